The molecule has 3 rings (SSSR count). The second kappa shape index (κ2) is 5.50. The van der Waals surface area contributed by atoms with Crippen molar-refractivity contribution < 1.29 is 14.6 Å². The molecule has 0 aliphatic carbocycles. The summed E-state index contributed by atoms with van der Waals surface area (Å²) in [5.41, 5.74) is 2.02. The molecule has 2 aromatic rings. The molecule has 2 heterocycles. The zero-order chi connectivity index (χ0) is 14.1. The van der Waals surface area contributed by atoms with Crippen molar-refractivity contribution in [2.45, 2.75) is 18.8 Å². The fraction of sp³-hybridized carbons (Fsp3) is 0.333. The molecule has 1 aromatic heterocycles. The highest BCUT2D eigenvalue weighted by atomic mass is 79.9. The van der Waals surface area contributed by atoms with Crippen LogP contribution in [-0.4, -0.2) is 29.3 Å². The third kappa shape index (κ3) is 2.31. The number of benzene rings is 1. The van der Waals surface area contributed by atoms with Gasteiger partial charge in [0.05, 0.1) is 11.1 Å². The van der Waals surface area contributed by atoms with Gasteiger partial charge in [-0.15, -0.1) is 0 Å². The molecule has 1 saturated heterocycles. The average molecular weight is 336 g/mol. The molecular formula is C15H14BrNO3. The molecule has 1 aromatic carbocycles. The maximum atomic E-state index is 11.5. The van der Waals surface area contributed by atoms with Crippen LogP contribution in [0.4, 0.5) is 0 Å². The zero-order valence-corrected chi connectivity index (χ0v) is 12.4. The standard InChI is InChI=1S/C15H14BrNO3/c16-12-3-1-2-10-13(9-4-6-20-7-5-9)11(15(18)19)8-17-14(10)12/h1-3,8-9H,4-7H2,(H,18,19). The SMILES string of the molecule is O=C(O)c1cnc2c(Br)cccc2c1C1CCOCC1. The van der Waals surface area contributed by atoms with E-state index in [0.29, 0.717) is 18.8 Å². The number of aromatic carboxylic acids is 1. The molecule has 0 radical (unpaired) electrons. The van der Waals surface area contributed by atoms with Crippen LogP contribution in [0.3, 0.4) is 0 Å². The number of ether oxygens (including phenoxy) is 1. The monoisotopic (exact) mass is 335 g/mol. The van der Waals surface area contributed by atoms with Gasteiger partial charge in [0.15, 0.2) is 0 Å². The Hall–Kier alpha value is -1.46. The van der Waals surface area contributed by atoms with Crippen LogP contribution in [0.2, 0.25) is 0 Å². The number of hydrogen-bond donors (Lipinski definition) is 1. The van der Waals surface area contributed by atoms with E-state index in [9.17, 15) is 9.90 Å². The number of aromatic nitrogens is 1. The van der Waals surface area contributed by atoms with Gasteiger partial charge in [0.2, 0.25) is 0 Å². The Kier molecular flexibility index (Phi) is 3.72. The maximum absolute atomic E-state index is 11.5. The van der Waals surface area contributed by atoms with Crippen LogP contribution in [0, 0.1) is 0 Å². The normalized spacial score (nSPS) is 16.4. The number of halogens is 1. The molecule has 20 heavy (non-hydrogen) atoms. The highest BCUT2D eigenvalue weighted by molar-refractivity contribution is 9.10. The summed E-state index contributed by atoms with van der Waals surface area (Å²) in [4.78, 5) is 15.8. The predicted molar refractivity (Wildman–Crippen MR) is 79.2 cm³/mol. The summed E-state index contributed by atoms with van der Waals surface area (Å²) in [5.74, 6) is -0.699. The summed E-state index contributed by atoms with van der Waals surface area (Å²) in [6.45, 7) is 1.36. The van der Waals surface area contributed by atoms with E-state index in [2.05, 4.69) is 20.9 Å². The van der Waals surface area contributed by atoms with E-state index < -0.39 is 5.97 Å². The van der Waals surface area contributed by atoms with Crippen LogP contribution in [0.15, 0.2) is 28.9 Å². The second-order valence-electron chi connectivity index (χ2n) is 4.91. The second-order valence-corrected chi connectivity index (χ2v) is 5.77. The van der Waals surface area contributed by atoms with E-state index in [1.165, 1.54) is 6.20 Å². The lowest BCUT2D eigenvalue weighted by atomic mass is 9.86. The van der Waals surface area contributed by atoms with Gasteiger partial charge in [0, 0.05) is 29.3 Å². The minimum atomic E-state index is -0.916. The molecule has 1 aliphatic heterocycles. The van der Waals surface area contributed by atoms with E-state index in [4.69, 9.17) is 4.74 Å². The van der Waals surface area contributed by atoms with Crippen molar-refractivity contribution in [3.63, 3.8) is 0 Å². The Balaban J connectivity index is 2.26. The molecule has 0 unspecified atom stereocenters. The van der Waals surface area contributed by atoms with E-state index in [0.717, 1.165) is 33.8 Å². The van der Waals surface area contributed by atoms with Crippen LogP contribution in [0.1, 0.15) is 34.7 Å². The number of nitrogens with zero attached hydrogens (tertiary/aromatic N) is 1. The van der Waals surface area contributed by atoms with Gasteiger partial charge >= 0.3 is 5.97 Å². The Morgan fingerprint density at radius 2 is 2.10 bits per heavy atom. The van der Waals surface area contributed by atoms with E-state index in [1.807, 2.05) is 18.2 Å². The van der Waals surface area contributed by atoms with Gasteiger partial charge in [-0.3, -0.25) is 4.98 Å². The Morgan fingerprint density at radius 3 is 2.80 bits per heavy atom. The summed E-state index contributed by atoms with van der Waals surface area (Å²) in [7, 11) is 0. The molecule has 0 amide bonds. The first kappa shape index (κ1) is 13.5. The molecule has 4 nitrogen and oxygen atoms in total. The largest absolute Gasteiger partial charge is 0.478 e. The van der Waals surface area contributed by atoms with Gasteiger partial charge in [-0.05, 0) is 46.3 Å². The summed E-state index contributed by atoms with van der Waals surface area (Å²) in [5, 5.41) is 10.4. The summed E-state index contributed by atoms with van der Waals surface area (Å²) >= 11 is 3.48. The minimum absolute atomic E-state index is 0.217. The van der Waals surface area contributed by atoms with Crippen LogP contribution < -0.4 is 0 Å². The first-order chi connectivity index (χ1) is 9.68. The number of hydrogen-bond acceptors (Lipinski definition) is 3. The summed E-state index contributed by atoms with van der Waals surface area (Å²) < 4.78 is 6.27. The van der Waals surface area contributed by atoms with Crippen molar-refractivity contribution in [2.75, 3.05) is 13.2 Å². The van der Waals surface area contributed by atoms with Gasteiger partial charge < -0.3 is 9.84 Å². The van der Waals surface area contributed by atoms with Crippen molar-refractivity contribution in [2.24, 2.45) is 0 Å². The van der Waals surface area contributed by atoms with Crippen molar-refractivity contribution in [1.82, 2.24) is 4.98 Å². The summed E-state index contributed by atoms with van der Waals surface area (Å²) in [6.07, 6.45) is 3.18. The number of carbonyl (C=O) groups is 1. The zero-order valence-electron chi connectivity index (χ0n) is 10.8. The van der Waals surface area contributed by atoms with E-state index in [-0.39, 0.29) is 5.92 Å². The molecule has 0 bridgehead atoms. The highest BCUT2D eigenvalue weighted by Gasteiger charge is 2.24. The van der Waals surface area contributed by atoms with Gasteiger partial charge in [-0.2, -0.15) is 0 Å². The molecule has 0 saturated carbocycles. The van der Waals surface area contributed by atoms with Crippen molar-refractivity contribution in [1.29, 1.82) is 0 Å². The van der Waals surface area contributed by atoms with Gasteiger partial charge in [-0.25, -0.2) is 4.79 Å². The Morgan fingerprint density at radius 1 is 1.35 bits per heavy atom. The Labute approximate surface area is 124 Å². The first-order valence-corrected chi connectivity index (χ1v) is 7.36. The summed E-state index contributed by atoms with van der Waals surface area (Å²) in [6, 6.07) is 5.79. The van der Waals surface area contributed by atoms with Crippen molar-refractivity contribution in [3.8, 4) is 0 Å². The number of para-hydroxylation sites is 1. The fourth-order valence-electron chi connectivity index (χ4n) is 2.80. The number of carboxylic acids is 1. The molecule has 0 atom stereocenters. The molecule has 1 aliphatic rings. The number of fused-ring (bicyclic) bond motifs is 1. The number of pyridine rings is 1. The first-order valence-electron chi connectivity index (χ1n) is 6.56. The van der Waals surface area contributed by atoms with Crippen LogP contribution in [0.5, 0.6) is 0 Å². The van der Waals surface area contributed by atoms with E-state index in [1.54, 1.807) is 0 Å². The molecule has 104 valence electrons. The Bertz CT molecular complexity index is 665. The van der Waals surface area contributed by atoms with Gasteiger partial charge in [0.25, 0.3) is 0 Å². The third-order valence-electron chi connectivity index (χ3n) is 3.75. The minimum Gasteiger partial charge on any atom is -0.478 e. The van der Waals surface area contributed by atoms with Gasteiger partial charge in [0.1, 0.15) is 0 Å². The van der Waals surface area contributed by atoms with Gasteiger partial charge in [-0.1, -0.05) is 12.1 Å². The lowest BCUT2D eigenvalue weighted by molar-refractivity contribution is 0.0685. The van der Waals surface area contributed by atoms with Crippen molar-refractivity contribution in [3.05, 3.63) is 40.0 Å². The molecule has 5 heteroatoms. The quantitative estimate of drug-likeness (QED) is 0.911. The number of carboxylic acid groups (broad SMARTS) is 1. The molecular weight excluding hydrogens is 322 g/mol. The highest BCUT2D eigenvalue weighted by Crippen LogP contribution is 2.36. The van der Waals surface area contributed by atoms with E-state index >= 15 is 0 Å². The van der Waals surface area contributed by atoms with Crippen LogP contribution >= 0.6 is 15.9 Å². The lowest BCUT2D eigenvalue weighted by Gasteiger charge is -2.25. The van der Waals surface area contributed by atoms with Crippen LogP contribution in [0.25, 0.3) is 10.9 Å². The van der Waals surface area contributed by atoms with Crippen molar-refractivity contribution >= 4 is 32.8 Å². The maximum Gasteiger partial charge on any atom is 0.337 e. The lowest BCUT2D eigenvalue weighted by Crippen LogP contribution is -2.17. The molecule has 1 N–H and O–H groups in total. The molecule has 1 fully saturated rings. The number of rotatable bonds is 2. The molecule has 0 spiro atoms. The van der Waals surface area contributed by atoms with Crippen LogP contribution in [-0.2, 0) is 4.74 Å². The smallest absolute Gasteiger partial charge is 0.337 e. The topological polar surface area (TPSA) is 59.4 Å². The average Bonchev–Trinajstić information content (AvgIpc) is 2.47. The third-order valence-corrected chi connectivity index (χ3v) is 4.39. The fourth-order valence-corrected chi connectivity index (χ4v) is 3.27. The predicted octanol–water partition coefficient (Wildman–Crippen LogP) is 3.59.